The van der Waals surface area contributed by atoms with E-state index in [1.165, 1.54) is 18.4 Å². The first-order valence-corrected chi connectivity index (χ1v) is 9.40. The standard InChI is InChI=1S/C20H30N2O3.ClH/c1-25-16-7-5-15(6-8-16)20(10-2-3-11-20)13-22-19(24)14-4-9-17(21)18(23)12-14;/h5-8,14,17-18,23H,2-4,9-13,21H2,1H3,(H,22,24);1H/t14-,17+,18+;/m0./s1. The molecule has 2 saturated carbocycles. The molecule has 6 heteroatoms. The van der Waals surface area contributed by atoms with Crippen molar-refractivity contribution in [2.75, 3.05) is 13.7 Å². The average molecular weight is 383 g/mol. The smallest absolute Gasteiger partial charge is 0.223 e. The second-order valence-electron chi connectivity index (χ2n) is 7.67. The van der Waals surface area contributed by atoms with Crippen LogP contribution in [0.1, 0.15) is 50.5 Å². The van der Waals surface area contributed by atoms with Gasteiger partial charge in [0.25, 0.3) is 0 Å². The highest BCUT2D eigenvalue weighted by Crippen LogP contribution is 2.41. The second kappa shape index (κ2) is 9.07. The Bertz CT molecular complexity index is 587. The Morgan fingerprint density at radius 2 is 1.92 bits per heavy atom. The molecule has 0 saturated heterocycles. The summed E-state index contributed by atoms with van der Waals surface area (Å²) >= 11 is 0. The number of hydrogen-bond donors (Lipinski definition) is 3. The third kappa shape index (κ3) is 4.51. The zero-order chi connectivity index (χ0) is 17.9. The highest BCUT2D eigenvalue weighted by atomic mass is 35.5. The van der Waals surface area contributed by atoms with Gasteiger partial charge in [0, 0.05) is 23.9 Å². The number of ether oxygens (including phenoxy) is 1. The lowest BCUT2D eigenvalue weighted by molar-refractivity contribution is -0.127. The Kier molecular flexibility index (Phi) is 7.33. The highest BCUT2D eigenvalue weighted by Gasteiger charge is 2.37. The summed E-state index contributed by atoms with van der Waals surface area (Å²) in [5.74, 6) is 0.795. The van der Waals surface area contributed by atoms with E-state index in [9.17, 15) is 9.90 Å². The van der Waals surface area contributed by atoms with Crippen LogP contribution in [0.2, 0.25) is 0 Å². The van der Waals surface area contributed by atoms with E-state index in [2.05, 4.69) is 17.4 Å². The van der Waals surface area contributed by atoms with Crippen LogP contribution in [0.3, 0.4) is 0 Å². The third-order valence-corrected chi connectivity index (χ3v) is 6.10. The normalized spacial score (nSPS) is 27.4. The molecule has 1 aromatic rings. The molecular formula is C20H31ClN2O3. The van der Waals surface area contributed by atoms with Crippen molar-refractivity contribution in [2.45, 2.75) is 62.5 Å². The molecule has 0 heterocycles. The van der Waals surface area contributed by atoms with E-state index in [-0.39, 0.29) is 35.7 Å². The van der Waals surface area contributed by atoms with Crippen LogP contribution in [0.4, 0.5) is 0 Å². The largest absolute Gasteiger partial charge is 0.497 e. The number of nitrogens with one attached hydrogen (secondary N) is 1. The molecule has 0 radical (unpaired) electrons. The van der Waals surface area contributed by atoms with E-state index in [0.29, 0.717) is 19.4 Å². The molecule has 5 nitrogen and oxygen atoms in total. The van der Waals surface area contributed by atoms with Crippen LogP contribution in [0, 0.1) is 5.92 Å². The molecular weight excluding hydrogens is 352 g/mol. The Morgan fingerprint density at radius 1 is 1.27 bits per heavy atom. The van der Waals surface area contributed by atoms with E-state index in [1.807, 2.05) is 12.1 Å². The van der Waals surface area contributed by atoms with Crippen molar-refractivity contribution < 1.29 is 14.6 Å². The molecule has 2 aliphatic carbocycles. The summed E-state index contributed by atoms with van der Waals surface area (Å²) in [6, 6.07) is 8.05. The first-order valence-electron chi connectivity index (χ1n) is 9.40. The molecule has 3 atom stereocenters. The number of nitrogens with two attached hydrogens (primary N) is 1. The van der Waals surface area contributed by atoms with Crippen LogP contribution in [0.15, 0.2) is 24.3 Å². The van der Waals surface area contributed by atoms with Crippen LogP contribution in [-0.2, 0) is 10.2 Å². The van der Waals surface area contributed by atoms with Gasteiger partial charge in [0.15, 0.2) is 0 Å². The summed E-state index contributed by atoms with van der Waals surface area (Å²) in [6.07, 6.45) is 5.96. The molecule has 1 aromatic carbocycles. The predicted molar refractivity (Wildman–Crippen MR) is 105 cm³/mol. The number of aliphatic hydroxyl groups excluding tert-OH is 1. The van der Waals surface area contributed by atoms with Gasteiger partial charge in [-0.2, -0.15) is 0 Å². The lowest BCUT2D eigenvalue weighted by atomic mass is 9.78. The molecule has 2 fully saturated rings. The van der Waals surface area contributed by atoms with Gasteiger partial charge in [-0.05, 0) is 49.8 Å². The first-order chi connectivity index (χ1) is 12.0. The second-order valence-corrected chi connectivity index (χ2v) is 7.67. The minimum Gasteiger partial charge on any atom is -0.497 e. The zero-order valence-corrected chi connectivity index (χ0v) is 16.3. The Labute approximate surface area is 162 Å². The van der Waals surface area contributed by atoms with Gasteiger partial charge in [-0.1, -0.05) is 25.0 Å². The van der Waals surface area contributed by atoms with E-state index < -0.39 is 6.10 Å². The van der Waals surface area contributed by atoms with Crippen LogP contribution in [0.5, 0.6) is 5.75 Å². The number of rotatable bonds is 5. The molecule has 26 heavy (non-hydrogen) atoms. The van der Waals surface area contributed by atoms with Crippen LogP contribution in [-0.4, -0.2) is 36.8 Å². The molecule has 0 bridgehead atoms. The van der Waals surface area contributed by atoms with Gasteiger partial charge >= 0.3 is 0 Å². The third-order valence-electron chi connectivity index (χ3n) is 6.10. The fourth-order valence-electron chi connectivity index (χ4n) is 4.37. The number of aliphatic hydroxyl groups is 1. The van der Waals surface area contributed by atoms with Crippen LogP contribution in [0.25, 0.3) is 0 Å². The van der Waals surface area contributed by atoms with E-state index in [4.69, 9.17) is 10.5 Å². The number of methoxy groups -OCH3 is 1. The molecule has 4 N–H and O–H groups in total. The van der Waals surface area contributed by atoms with Gasteiger partial charge in [-0.3, -0.25) is 4.79 Å². The van der Waals surface area contributed by atoms with Crippen LogP contribution < -0.4 is 15.8 Å². The molecule has 0 spiro atoms. The number of amides is 1. The molecule has 146 valence electrons. The maximum Gasteiger partial charge on any atom is 0.223 e. The van der Waals surface area contributed by atoms with E-state index in [1.54, 1.807) is 7.11 Å². The maximum atomic E-state index is 12.6. The van der Waals surface area contributed by atoms with Crippen molar-refractivity contribution in [3.05, 3.63) is 29.8 Å². The number of halogens is 1. The Hall–Kier alpha value is -1.30. The van der Waals surface area contributed by atoms with Gasteiger partial charge in [0.1, 0.15) is 5.75 Å². The summed E-state index contributed by atoms with van der Waals surface area (Å²) in [4.78, 5) is 12.6. The summed E-state index contributed by atoms with van der Waals surface area (Å²) < 4.78 is 5.26. The summed E-state index contributed by atoms with van der Waals surface area (Å²) in [7, 11) is 1.67. The molecule has 2 aliphatic rings. The van der Waals surface area contributed by atoms with Gasteiger partial charge in [0.2, 0.25) is 5.91 Å². The fraction of sp³-hybridized carbons (Fsp3) is 0.650. The number of carbonyl (C=O) groups is 1. The van der Waals surface area contributed by atoms with Gasteiger partial charge in [-0.15, -0.1) is 12.4 Å². The van der Waals surface area contributed by atoms with Crippen molar-refractivity contribution in [3.8, 4) is 5.75 Å². The minimum atomic E-state index is -0.563. The molecule has 0 aliphatic heterocycles. The van der Waals surface area contributed by atoms with Crippen molar-refractivity contribution in [1.29, 1.82) is 0 Å². The van der Waals surface area contributed by atoms with Crippen molar-refractivity contribution in [3.63, 3.8) is 0 Å². The topological polar surface area (TPSA) is 84.6 Å². The highest BCUT2D eigenvalue weighted by molar-refractivity contribution is 5.85. The zero-order valence-electron chi connectivity index (χ0n) is 15.4. The summed E-state index contributed by atoms with van der Waals surface area (Å²) in [6.45, 7) is 0.664. The van der Waals surface area contributed by atoms with Crippen molar-refractivity contribution in [1.82, 2.24) is 5.32 Å². The van der Waals surface area contributed by atoms with E-state index >= 15 is 0 Å². The van der Waals surface area contributed by atoms with Crippen molar-refractivity contribution >= 4 is 18.3 Å². The summed E-state index contributed by atoms with van der Waals surface area (Å²) in [5.41, 5.74) is 7.14. The number of carbonyl (C=O) groups excluding carboxylic acids is 1. The molecule has 0 unspecified atom stereocenters. The number of hydrogen-bond acceptors (Lipinski definition) is 4. The number of benzene rings is 1. The lowest BCUT2D eigenvalue weighted by Gasteiger charge is -2.33. The lowest BCUT2D eigenvalue weighted by Crippen LogP contribution is -2.46. The minimum absolute atomic E-state index is 0. The maximum absolute atomic E-state index is 12.6. The fourth-order valence-corrected chi connectivity index (χ4v) is 4.37. The first kappa shape index (κ1) is 21.0. The molecule has 3 rings (SSSR count). The van der Waals surface area contributed by atoms with Gasteiger partial charge in [0.05, 0.1) is 13.2 Å². The van der Waals surface area contributed by atoms with E-state index in [0.717, 1.165) is 25.0 Å². The predicted octanol–water partition coefficient (Wildman–Crippen LogP) is 2.53. The summed E-state index contributed by atoms with van der Waals surface area (Å²) in [5, 5.41) is 13.1. The van der Waals surface area contributed by atoms with Gasteiger partial charge in [-0.25, -0.2) is 0 Å². The quantitative estimate of drug-likeness (QED) is 0.730. The Balaban J connectivity index is 0.00000243. The van der Waals surface area contributed by atoms with Crippen LogP contribution >= 0.6 is 12.4 Å². The van der Waals surface area contributed by atoms with Gasteiger partial charge < -0.3 is 20.9 Å². The molecule has 0 aromatic heterocycles. The molecule has 1 amide bonds. The average Bonchev–Trinajstić information content (AvgIpc) is 3.12. The Morgan fingerprint density at radius 3 is 2.50 bits per heavy atom. The van der Waals surface area contributed by atoms with Crippen molar-refractivity contribution in [2.24, 2.45) is 11.7 Å². The monoisotopic (exact) mass is 382 g/mol. The SMILES string of the molecule is COc1ccc(C2(CNC(=O)[C@H]3CC[C@@H](N)[C@H](O)C3)CCCC2)cc1.Cl.